The topological polar surface area (TPSA) is 136 Å². The van der Waals surface area contributed by atoms with Gasteiger partial charge in [-0.1, -0.05) is 17.4 Å². The number of rotatable bonds is 5. The van der Waals surface area contributed by atoms with Crippen LogP contribution in [0.1, 0.15) is 0 Å². The van der Waals surface area contributed by atoms with E-state index >= 15 is 0 Å². The second-order valence-corrected chi connectivity index (χ2v) is 9.01. The average Bonchev–Trinajstić information content (AvgIpc) is 2.94. The van der Waals surface area contributed by atoms with Crippen LogP contribution in [-0.4, -0.2) is 26.7 Å². The molecule has 0 aliphatic heterocycles. The molecule has 2 aromatic carbocycles. The number of benzene rings is 2. The molecule has 1 aromatic heterocycles. The summed E-state index contributed by atoms with van der Waals surface area (Å²) in [6.07, 6.45) is 0. The summed E-state index contributed by atoms with van der Waals surface area (Å²) >= 11 is 0.862. The largest absolute Gasteiger partial charge is 0.332 e. The lowest BCUT2D eigenvalue weighted by molar-refractivity contribution is -0.384. The molecule has 0 spiro atoms. The van der Waals surface area contributed by atoms with Crippen LogP contribution in [0.15, 0.2) is 52.3 Å². The zero-order valence-corrected chi connectivity index (χ0v) is 14.9. The van der Waals surface area contributed by atoms with Crippen molar-refractivity contribution >= 4 is 52.6 Å². The third-order valence-corrected chi connectivity index (χ3v) is 6.42. The molecule has 136 valence electrons. The van der Waals surface area contributed by atoms with E-state index in [1.54, 1.807) is 0 Å². The quantitative estimate of drug-likeness (QED) is 0.383. The molecular formula is C13H8FN3O6S3. The SMILES string of the molecule is O=[N+]([O-])c1ccc2nc(NS(=O)(=O)c3cccc(S(=O)(=O)F)c3)sc2c1. The summed E-state index contributed by atoms with van der Waals surface area (Å²) in [4.78, 5) is 12.9. The average molecular weight is 417 g/mol. The maximum Gasteiger partial charge on any atom is 0.332 e. The number of nitro groups is 1. The fourth-order valence-corrected chi connectivity index (χ4v) is 4.80. The number of thiazole rings is 1. The smallest absolute Gasteiger partial charge is 0.258 e. The van der Waals surface area contributed by atoms with E-state index in [4.69, 9.17) is 0 Å². The highest BCUT2D eigenvalue weighted by Gasteiger charge is 2.21. The molecule has 9 nitrogen and oxygen atoms in total. The van der Waals surface area contributed by atoms with E-state index in [-0.39, 0.29) is 10.8 Å². The summed E-state index contributed by atoms with van der Waals surface area (Å²) in [5, 5.41) is 10.7. The number of aromatic nitrogens is 1. The van der Waals surface area contributed by atoms with Crippen molar-refractivity contribution in [1.29, 1.82) is 0 Å². The lowest BCUT2D eigenvalue weighted by atomic mass is 10.3. The Balaban J connectivity index is 1.97. The number of nitrogens with one attached hydrogen (secondary N) is 1. The predicted molar refractivity (Wildman–Crippen MR) is 91.8 cm³/mol. The van der Waals surface area contributed by atoms with Crippen LogP contribution in [0.25, 0.3) is 10.2 Å². The van der Waals surface area contributed by atoms with Gasteiger partial charge in [0.25, 0.3) is 15.7 Å². The monoisotopic (exact) mass is 417 g/mol. The van der Waals surface area contributed by atoms with Crippen LogP contribution in [0.2, 0.25) is 0 Å². The molecule has 0 aliphatic carbocycles. The summed E-state index contributed by atoms with van der Waals surface area (Å²) in [6.45, 7) is 0. The van der Waals surface area contributed by atoms with Gasteiger partial charge in [-0.2, -0.15) is 8.42 Å². The zero-order valence-electron chi connectivity index (χ0n) is 12.5. The van der Waals surface area contributed by atoms with Crippen molar-refractivity contribution in [3.8, 4) is 0 Å². The van der Waals surface area contributed by atoms with Crippen molar-refractivity contribution in [2.24, 2.45) is 0 Å². The van der Waals surface area contributed by atoms with Gasteiger partial charge in [0.05, 0.1) is 24.9 Å². The normalized spacial score (nSPS) is 12.2. The van der Waals surface area contributed by atoms with Crippen molar-refractivity contribution in [3.05, 3.63) is 52.6 Å². The van der Waals surface area contributed by atoms with E-state index in [9.17, 15) is 30.8 Å². The highest BCUT2D eigenvalue weighted by molar-refractivity contribution is 7.93. The van der Waals surface area contributed by atoms with Gasteiger partial charge in [-0.25, -0.2) is 13.4 Å². The highest BCUT2D eigenvalue weighted by atomic mass is 32.3. The summed E-state index contributed by atoms with van der Waals surface area (Å²) < 4.78 is 62.2. The number of anilines is 1. The molecule has 0 saturated carbocycles. The van der Waals surface area contributed by atoms with Crippen LogP contribution in [0.4, 0.5) is 14.7 Å². The second-order valence-electron chi connectivity index (χ2n) is 4.95. The van der Waals surface area contributed by atoms with Gasteiger partial charge in [-0.15, -0.1) is 3.89 Å². The molecule has 0 radical (unpaired) electrons. The van der Waals surface area contributed by atoms with Crippen LogP contribution >= 0.6 is 11.3 Å². The Morgan fingerprint density at radius 2 is 1.77 bits per heavy atom. The number of hydrogen-bond donors (Lipinski definition) is 1. The number of nitro benzene ring substituents is 1. The Kier molecular flexibility index (Phi) is 4.37. The van der Waals surface area contributed by atoms with Crippen molar-refractivity contribution in [2.75, 3.05) is 4.72 Å². The number of sulfonamides is 1. The van der Waals surface area contributed by atoms with Crippen LogP contribution < -0.4 is 4.72 Å². The summed E-state index contributed by atoms with van der Waals surface area (Å²) in [7, 11) is -9.30. The van der Waals surface area contributed by atoms with Gasteiger partial charge >= 0.3 is 10.2 Å². The van der Waals surface area contributed by atoms with Crippen LogP contribution in [-0.2, 0) is 20.2 Å². The lowest BCUT2D eigenvalue weighted by Gasteiger charge is -2.05. The number of non-ortho nitro benzene ring substituents is 1. The Morgan fingerprint density at radius 3 is 2.42 bits per heavy atom. The fourth-order valence-electron chi connectivity index (χ4n) is 2.04. The molecule has 3 aromatic rings. The predicted octanol–water partition coefficient (Wildman–Crippen LogP) is 2.66. The van der Waals surface area contributed by atoms with Gasteiger partial charge in [0.1, 0.15) is 0 Å². The molecule has 0 saturated heterocycles. The highest BCUT2D eigenvalue weighted by Crippen LogP contribution is 2.30. The van der Waals surface area contributed by atoms with Gasteiger partial charge in [0.15, 0.2) is 5.13 Å². The Bertz CT molecular complexity index is 1240. The van der Waals surface area contributed by atoms with Gasteiger partial charge in [0, 0.05) is 12.1 Å². The van der Waals surface area contributed by atoms with Crippen molar-refractivity contribution in [3.63, 3.8) is 0 Å². The first-order valence-corrected chi connectivity index (χ1v) is 10.4. The Hall–Kier alpha value is -2.64. The molecule has 0 bridgehead atoms. The first kappa shape index (κ1) is 18.2. The summed E-state index contributed by atoms with van der Waals surface area (Å²) in [6, 6.07) is 7.63. The molecule has 0 aliphatic rings. The minimum Gasteiger partial charge on any atom is -0.258 e. The van der Waals surface area contributed by atoms with Gasteiger partial charge in [-0.05, 0) is 24.3 Å². The number of hydrogen-bond acceptors (Lipinski definition) is 8. The van der Waals surface area contributed by atoms with E-state index in [2.05, 4.69) is 9.71 Å². The third-order valence-electron chi connectivity index (χ3n) is 3.20. The van der Waals surface area contributed by atoms with E-state index in [1.807, 2.05) is 0 Å². The molecule has 0 atom stereocenters. The van der Waals surface area contributed by atoms with Crippen LogP contribution in [0.3, 0.4) is 0 Å². The molecule has 0 fully saturated rings. The molecule has 0 unspecified atom stereocenters. The number of nitrogens with zero attached hydrogens (tertiary/aromatic N) is 2. The van der Waals surface area contributed by atoms with E-state index in [0.29, 0.717) is 16.3 Å². The Labute approximate surface area is 150 Å². The summed E-state index contributed by atoms with van der Waals surface area (Å²) in [5.74, 6) is 0. The Morgan fingerprint density at radius 1 is 1.08 bits per heavy atom. The summed E-state index contributed by atoms with van der Waals surface area (Å²) in [5.41, 5.74) is 0.176. The zero-order chi connectivity index (χ0) is 19.1. The molecule has 13 heteroatoms. The number of fused-ring (bicyclic) bond motifs is 1. The number of halogens is 1. The molecule has 1 heterocycles. The minimum absolute atomic E-state index is 0.0750. The third kappa shape index (κ3) is 3.63. The van der Waals surface area contributed by atoms with Crippen LogP contribution in [0.5, 0.6) is 0 Å². The van der Waals surface area contributed by atoms with E-state index in [0.717, 1.165) is 29.5 Å². The first-order valence-electron chi connectivity index (χ1n) is 6.69. The van der Waals surface area contributed by atoms with E-state index < -0.39 is 35.0 Å². The molecule has 26 heavy (non-hydrogen) atoms. The molecule has 3 rings (SSSR count). The van der Waals surface area contributed by atoms with Gasteiger partial charge < -0.3 is 0 Å². The minimum atomic E-state index is -5.06. The van der Waals surface area contributed by atoms with Crippen molar-refractivity contribution in [2.45, 2.75) is 9.79 Å². The van der Waals surface area contributed by atoms with Crippen molar-refractivity contribution < 1.29 is 25.6 Å². The van der Waals surface area contributed by atoms with Crippen molar-refractivity contribution in [1.82, 2.24) is 4.98 Å². The molecule has 0 amide bonds. The lowest BCUT2D eigenvalue weighted by Crippen LogP contribution is -2.13. The van der Waals surface area contributed by atoms with E-state index in [1.165, 1.54) is 18.2 Å². The van der Waals surface area contributed by atoms with Crippen LogP contribution in [0, 0.1) is 10.1 Å². The molecule has 1 N–H and O–H groups in total. The van der Waals surface area contributed by atoms with Gasteiger partial charge in [-0.3, -0.25) is 14.8 Å². The second kappa shape index (κ2) is 6.26. The first-order chi connectivity index (χ1) is 12.1. The van der Waals surface area contributed by atoms with Gasteiger partial charge in [0.2, 0.25) is 0 Å². The fraction of sp³-hybridized carbons (Fsp3) is 0. The maximum absolute atomic E-state index is 13.1. The molecular weight excluding hydrogens is 409 g/mol. The maximum atomic E-state index is 13.1. The standard InChI is InChI=1S/C13H8FN3O6S3/c14-25(20,21)9-2-1-3-10(7-9)26(22,23)16-13-15-11-5-4-8(17(18)19)6-12(11)24-13/h1-7H,(H,15,16).